The summed E-state index contributed by atoms with van der Waals surface area (Å²) in [5, 5.41) is 14.4. The van der Waals surface area contributed by atoms with Crippen molar-refractivity contribution in [3.63, 3.8) is 0 Å². The van der Waals surface area contributed by atoms with E-state index in [1.807, 2.05) is 17.5 Å². The van der Waals surface area contributed by atoms with Crippen molar-refractivity contribution in [3.05, 3.63) is 53.5 Å². The van der Waals surface area contributed by atoms with E-state index in [-0.39, 0.29) is 5.82 Å². The maximum absolute atomic E-state index is 12.9. The summed E-state index contributed by atoms with van der Waals surface area (Å²) in [4.78, 5) is 5.38. The van der Waals surface area contributed by atoms with E-state index in [9.17, 15) is 4.39 Å². The number of hydrogen-bond acceptors (Lipinski definition) is 8. The predicted molar refractivity (Wildman–Crippen MR) is 96.3 cm³/mol. The highest BCUT2D eigenvalue weighted by Crippen LogP contribution is 2.25. The Labute approximate surface area is 156 Å². The zero-order valence-electron chi connectivity index (χ0n) is 13.5. The van der Waals surface area contributed by atoms with Crippen LogP contribution in [0, 0.1) is 5.82 Å². The van der Waals surface area contributed by atoms with Gasteiger partial charge in [-0.15, -0.1) is 21.5 Å². The van der Waals surface area contributed by atoms with Crippen LogP contribution in [0.5, 0.6) is 0 Å². The summed E-state index contributed by atoms with van der Waals surface area (Å²) in [5.41, 5.74) is 0.692. The Balaban J connectivity index is 1.27. The molecule has 4 rings (SSSR count). The molecule has 9 heteroatoms. The van der Waals surface area contributed by atoms with Gasteiger partial charge >= 0.3 is 0 Å². The van der Waals surface area contributed by atoms with Crippen molar-refractivity contribution in [2.45, 2.75) is 18.1 Å². The molecule has 0 saturated carbocycles. The lowest BCUT2D eigenvalue weighted by molar-refractivity contribution is 0.378. The molecule has 0 bridgehead atoms. The van der Waals surface area contributed by atoms with Gasteiger partial charge in [-0.3, -0.25) is 0 Å². The Hall–Kier alpha value is -2.52. The van der Waals surface area contributed by atoms with Crippen LogP contribution in [-0.4, -0.2) is 26.1 Å². The summed E-state index contributed by atoms with van der Waals surface area (Å²) in [6.07, 6.45) is 1.52. The Kier molecular flexibility index (Phi) is 5.07. The lowest BCUT2D eigenvalue weighted by Crippen LogP contribution is -1.88. The number of aromatic nitrogens is 4. The first-order valence-corrected chi connectivity index (χ1v) is 9.73. The molecule has 0 N–H and O–H groups in total. The molecule has 3 aromatic heterocycles. The lowest BCUT2D eigenvalue weighted by atomic mass is 10.2. The van der Waals surface area contributed by atoms with Crippen molar-refractivity contribution in [2.24, 2.45) is 0 Å². The lowest BCUT2D eigenvalue weighted by Gasteiger charge is -1.95. The number of thiophene rings is 1. The van der Waals surface area contributed by atoms with Gasteiger partial charge in [-0.05, 0) is 42.1 Å². The van der Waals surface area contributed by atoms with Crippen LogP contribution in [0.4, 0.5) is 4.39 Å². The van der Waals surface area contributed by atoms with E-state index in [0.29, 0.717) is 34.8 Å². The van der Waals surface area contributed by atoms with Crippen molar-refractivity contribution in [1.29, 1.82) is 0 Å². The highest BCUT2D eigenvalue weighted by molar-refractivity contribution is 7.99. The van der Waals surface area contributed by atoms with Crippen LogP contribution in [0.3, 0.4) is 0 Å². The fraction of sp³-hybridized carbons (Fsp3) is 0.176. The quantitative estimate of drug-likeness (QED) is 0.335. The molecule has 26 heavy (non-hydrogen) atoms. The molecule has 0 aliphatic rings. The highest BCUT2D eigenvalue weighted by Gasteiger charge is 2.11. The molecule has 0 saturated heterocycles. The topological polar surface area (TPSA) is 77.8 Å². The Morgan fingerprint density at radius 1 is 1.12 bits per heavy atom. The third-order valence-corrected chi connectivity index (χ3v) is 5.24. The Bertz CT molecular complexity index is 967. The second kappa shape index (κ2) is 7.79. The fourth-order valence-corrected chi connectivity index (χ4v) is 3.57. The molecule has 132 valence electrons. The third-order valence-electron chi connectivity index (χ3n) is 3.47. The summed E-state index contributed by atoms with van der Waals surface area (Å²) < 4.78 is 23.8. The molecule has 0 aliphatic carbocycles. The Morgan fingerprint density at radius 3 is 2.81 bits per heavy atom. The average Bonchev–Trinajstić information content (AvgIpc) is 3.40. The van der Waals surface area contributed by atoms with Crippen molar-refractivity contribution >= 4 is 23.1 Å². The number of hydrogen-bond donors (Lipinski definition) is 0. The molecule has 3 heterocycles. The van der Waals surface area contributed by atoms with E-state index in [1.165, 1.54) is 23.9 Å². The maximum atomic E-state index is 12.9. The second-order valence-electron chi connectivity index (χ2n) is 5.32. The van der Waals surface area contributed by atoms with Gasteiger partial charge in [-0.1, -0.05) is 23.0 Å². The zero-order chi connectivity index (χ0) is 17.8. The minimum absolute atomic E-state index is 0.300. The molecule has 0 atom stereocenters. The van der Waals surface area contributed by atoms with Crippen molar-refractivity contribution < 1.29 is 13.3 Å². The first kappa shape index (κ1) is 16.9. The van der Waals surface area contributed by atoms with Crippen molar-refractivity contribution in [2.75, 3.05) is 5.75 Å². The Morgan fingerprint density at radius 2 is 2.00 bits per heavy atom. The van der Waals surface area contributed by atoms with Gasteiger partial charge in [0, 0.05) is 17.7 Å². The molecule has 0 radical (unpaired) electrons. The minimum atomic E-state index is -0.300. The van der Waals surface area contributed by atoms with Gasteiger partial charge in [-0.25, -0.2) is 4.39 Å². The number of rotatable bonds is 7. The second-order valence-corrected chi connectivity index (χ2v) is 7.31. The van der Waals surface area contributed by atoms with E-state index in [0.717, 1.165) is 17.1 Å². The molecule has 4 aromatic rings. The van der Waals surface area contributed by atoms with Gasteiger partial charge in [0.25, 0.3) is 5.22 Å². The first-order valence-electron chi connectivity index (χ1n) is 7.86. The van der Waals surface area contributed by atoms with Gasteiger partial charge in [0.1, 0.15) is 5.82 Å². The number of aryl methyl sites for hydroxylation is 1. The van der Waals surface area contributed by atoms with E-state index in [2.05, 4.69) is 20.3 Å². The average molecular weight is 388 g/mol. The number of benzene rings is 1. The maximum Gasteiger partial charge on any atom is 0.276 e. The largest absolute Gasteiger partial charge is 0.411 e. The number of thioether (sulfide) groups is 1. The van der Waals surface area contributed by atoms with Crippen LogP contribution in [-0.2, 0) is 6.42 Å². The smallest absolute Gasteiger partial charge is 0.276 e. The van der Waals surface area contributed by atoms with Gasteiger partial charge in [-0.2, -0.15) is 4.98 Å². The number of nitrogens with zero attached hydrogens (tertiary/aromatic N) is 4. The molecule has 0 fully saturated rings. The van der Waals surface area contributed by atoms with Gasteiger partial charge < -0.3 is 8.94 Å². The van der Waals surface area contributed by atoms with Gasteiger partial charge in [0.2, 0.25) is 17.6 Å². The zero-order valence-corrected chi connectivity index (χ0v) is 15.1. The summed E-state index contributed by atoms with van der Waals surface area (Å²) in [6.45, 7) is 0. The normalized spacial score (nSPS) is 11.1. The molecule has 0 spiro atoms. The van der Waals surface area contributed by atoms with Crippen LogP contribution in [0.1, 0.15) is 12.3 Å². The number of halogens is 1. The summed E-state index contributed by atoms with van der Waals surface area (Å²) >= 11 is 3.04. The van der Waals surface area contributed by atoms with Crippen LogP contribution < -0.4 is 0 Å². The van der Waals surface area contributed by atoms with Gasteiger partial charge in [0.15, 0.2) is 0 Å². The van der Waals surface area contributed by atoms with E-state index in [4.69, 9.17) is 8.94 Å². The summed E-state index contributed by atoms with van der Waals surface area (Å²) in [5.74, 6) is 2.10. The van der Waals surface area contributed by atoms with E-state index in [1.54, 1.807) is 23.5 Å². The first-order chi connectivity index (χ1) is 12.8. The standard InChI is InChI=1S/C17H13FN4O2S2/c18-12-7-5-11(6-8-12)16-20-21-17(23-16)26-10-2-4-14-19-15(22-24-14)13-3-1-9-25-13/h1,3,5-9H,2,4,10H2. The monoisotopic (exact) mass is 388 g/mol. The van der Waals surface area contributed by atoms with Crippen LogP contribution in [0.2, 0.25) is 0 Å². The molecular weight excluding hydrogens is 375 g/mol. The highest BCUT2D eigenvalue weighted by atomic mass is 32.2. The molecule has 0 unspecified atom stereocenters. The van der Waals surface area contributed by atoms with E-state index >= 15 is 0 Å². The molecule has 1 aromatic carbocycles. The SMILES string of the molecule is Fc1ccc(-c2nnc(SCCCc3nc(-c4cccs4)no3)o2)cc1. The van der Waals surface area contributed by atoms with Crippen LogP contribution in [0.15, 0.2) is 55.9 Å². The predicted octanol–water partition coefficient (Wildman–Crippen LogP) is 4.71. The summed E-state index contributed by atoms with van der Waals surface area (Å²) in [7, 11) is 0. The van der Waals surface area contributed by atoms with Crippen LogP contribution in [0.25, 0.3) is 22.2 Å². The molecule has 6 nitrogen and oxygen atoms in total. The minimum Gasteiger partial charge on any atom is -0.411 e. The fourth-order valence-electron chi connectivity index (χ4n) is 2.22. The van der Waals surface area contributed by atoms with E-state index < -0.39 is 0 Å². The molecule has 0 aliphatic heterocycles. The van der Waals surface area contributed by atoms with Gasteiger partial charge in [0.05, 0.1) is 4.88 Å². The van der Waals surface area contributed by atoms with Crippen LogP contribution >= 0.6 is 23.1 Å². The van der Waals surface area contributed by atoms with Crippen molar-refractivity contribution in [1.82, 2.24) is 20.3 Å². The third kappa shape index (κ3) is 4.00. The molecule has 0 amide bonds. The molecular formula is C17H13FN4O2S2. The van der Waals surface area contributed by atoms with Crippen molar-refractivity contribution in [3.8, 4) is 22.2 Å². The summed E-state index contributed by atoms with van der Waals surface area (Å²) in [6, 6.07) is 9.86.